The van der Waals surface area contributed by atoms with E-state index in [-0.39, 0.29) is 11.3 Å². The van der Waals surface area contributed by atoms with Gasteiger partial charge in [0.2, 0.25) is 10.0 Å². The Morgan fingerprint density at radius 2 is 1.68 bits per heavy atom. The molecular formula is C19H23NO4S. The topological polar surface area (TPSA) is 72.5 Å². The molecule has 0 aliphatic rings. The number of hydrogen-bond donors (Lipinski definition) is 1. The molecule has 2 rings (SSSR count). The molecule has 134 valence electrons. The fourth-order valence-electron chi connectivity index (χ4n) is 2.54. The molecule has 2 aromatic carbocycles. The van der Waals surface area contributed by atoms with Crippen LogP contribution in [-0.4, -0.2) is 27.5 Å². The summed E-state index contributed by atoms with van der Waals surface area (Å²) in [4.78, 5) is 12.1. The average molecular weight is 361 g/mol. The predicted molar refractivity (Wildman–Crippen MR) is 96.7 cm³/mol. The minimum absolute atomic E-state index is 0.134. The molecule has 0 fully saturated rings. The zero-order chi connectivity index (χ0) is 18.3. The summed E-state index contributed by atoms with van der Waals surface area (Å²) in [5, 5.41) is 0. The third-order valence-corrected chi connectivity index (χ3v) is 5.33. The summed E-state index contributed by atoms with van der Waals surface area (Å²) in [7, 11) is -2.57. The lowest BCUT2D eigenvalue weighted by Crippen LogP contribution is -2.42. The number of aryl methyl sites for hydroxylation is 1. The number of esters is 1. The lowest BCUT2D eigenvalue weighted by molar-refractivity contribution is -0.142. The van der Waals surface area contributed by atoms with Crippen molar-refractivity contribution in [3.63, 3.8) is 0 Å². The molecule has 0 aromatic heterocycles. The van der Waals surface area contributed by atoms with Crippen molar-refractivity contribution >= 4 is 16.0 Å². The molecule has 0 bridgehead atoms. The van der Waals surface area contributed by atoms with Gasteiger partial charge in [-0.2, -0.15) is 4.72 Å². The molecule has 0 aliphatic heterocycles. The van der Waals surface area contributed by atoms with E-state index in [1.54, 1.807) is 24.3 Å². The van der Waals surface area contributed by atoms with E-state index < -0.39 is 22.0 Å². The fraction of sp³-hybridized carbons (Fsp3) is 0.316. The number of carbonyl (C=O) groups is 1. The average Bonchev–Trinajstić information content (AvgIpc) is 2.62. The predicted octanol–water partition coefficient (Wildman–Crippen LogP) is 2.70. The first-order valence-electron chi connectivity index (χ1n) is 8.19. The third-order valence-electron chi connectivity index (χ3n) is 3.84. The van der Waals surface area contributed by atoms with Crippen LogP contribution in [0.25, 0.3) is 0 Å². The van der Waals surface area contributed by atoms with Crippen LogP contribution in [0.4, 0.5) is 0 Å². The van der Waals surface area contributed by atoms with Crippen LogP contribution in [-0.2, 0) is 32.4 Å². The summed E-state index contributed by atoms with van der Waals surface area (Å²) < 4.78 is 32.4. The zero-order valence-electron chi connectivity index (χ0n) is 14.4. The van der Waals surface area contributed by atoms with E-state index in [2.05, 4.69) is 11.6 Å². The number of rotatable bonds is 8. The highest BCUT2D eigenvalue weighted by Crippen LogP contribution is 2.14. The Bertz CT molecular complexity index is 786. The Hall–Kier alpha value is -2.18. The van der Waals surface area contributed by atoms with Crippen molar-refractivity contribution in [2.24, 2.45) is 0 Å². The van der Waals surface area contributed by atoms with Crippen molar-refractivity contribution in [2.45, 2.75) is 37.1 Å². The van der Waals surface area contributed by atoms with Gasteiger partial charge in [0.05, 0.1) is 12.0 Å². The highest BCUT2D eigenvalue weighted by atomic mass is 32.2. The molecule has 0 unspecified atom stereocenters. The number of sulfonamides is 1. The molecular weight excluding hydrogens is 338 g/mol. The first kappa shape index (κ1) is 19.1. The van der Waals surface area contributed by atoms with E-state index in [0.717, 1.165) is 24.0 Å². The highest BCUT2D eigenvalue weighted by molar-refractivity contribution is 7.89. The molecule has 1 N–H and O–H groups in total. The highest BCUT2D eigenvalue weighted by Gasteiger charge is 2.26. The van der Waals surface area contributed by atoms with Crippen LogP contribution in [0.2, 0.25) is 0 Å². The van der Waals surface area contributed by atoms with E-state index in [1.807, 2.05) is 30.3 Å². The third kappa shape index (κ3) is 5.41. The van der Waals surface area contributed by atoms with Crippen LogP contribution < -0.4 is 4.72 Å². The summed E-state index contributed by atoms with van der Waals surface area (Å²) in [6.07, 6.45) is 2.11. The molecule has 25 heavy (non-hydrogen) atoms. The van der Waals surface area contributed by atoms with Crippen molar-refractivity contribution in [1.29, 1.82) is 0 Å². The maximum Gasteiger partial charge on any atom is 0.324 e. The smallest absolute Gasteiger partial charge is 0.324 e. The van der Waals surface area contributed by atoms with E-state index in [9.17, 15) is 13.2 Å². The summed E-state index contributed by atoms with van der Waals surface area (Å²) in [6.45, 7) is 2.07. The van der Waals surface area contributed by atoms with E-state index in [1.165, 1.54) is 7.11 Å². The molecule has 0 radical (unpaired) electrons. The Morgan fingerprint density at radius 3 is 2.24 bits per heavy atom. The van der Waals surface area contributed by atoms with Gasteiger partial charge in [-0.25, -0.2) is 8.42 Å². The van der Waals surface area contributed by atoms with Crippen molar-refractivity contribution in [3.8, 4) is 0 Å². The van der Waals surface area contributed by atoms with Gasteiger partial charge in [-0.1, -0.05) is 55.8 Å². The normalized spacial score (nSPS) is 12.6. The summed E-state index contributed by atoms with van der Waals surface area (Å²) in [5.74, 6) is -0.616. The van der Waals surface area contributed by atoms with Crippen LogP contribution >= 0.6 is 0 Å². The quantitative estimate of drug-likeness (QED) is 0.734. The van der Waals surface area contributed by atoms with E-state index in [4.69, 9.17) is 4.74 Å². The van der Waals surface area contributed by atoms with Crippen molar-refractivity contribution in [1.82, 2.24) is 4.72 Å². The lowest BCUT2D eigenvalue weighted by Gasteiger charge is -2.17. The lowest BCUT2D eigenvalue weighted by atomic mass is 10.1. The summed E-state index contributed by atoms with van der Waals surface area (Å²) in [6, 6.07) is 14.9. The van der Waals surface area contributed by atoms with Crippen molar-refractivity contribution < 1.29 is 17.9 Å². The van der Waals surface area contributed by atoms with Gasteiger partial charge in [0.1, 0.15) is 6.04 Å². The Labute approximate surface area is 149 Å². The van der Waals surface area contributed by atoms with Crippen LogP contribution in [0.15, 0.2) is 59.5 Å². The van der Waals surface area contributed by atoms with Gasteiger partial charge in [-0.3, -0.25) is 4.79 Å². The molecule has 6 heteroatoms. The van der Waals surface area contributed by atoms with Gasteiger partial charge in [-0.15, -0.1) is 0 Å². The second-order valence-electron chi connectivity index (χ2n) is 5.78. The molecule has 0 spiro atoms. The molecule has 2 aromatic rings. The van der Waals surface area contributed by atoms with Gasteiger partial charge in [0.25, 0.3) is 0 Å². The molecule has 0 heterocycles. The number of carbonyl (C=O) groups excluding carboxylic acids is 1. The summed E-state index contributed by atoms with van der Waals surface area (Å²) >= 11 is 0. The number of hydrogen-bond acceptors (Lipinski definition) is 4. The fourth-order valence-corrected chi connectivity index (χ4v) is 3.73. The number of methoxy groups -OCH3 is 1. The Balaban J connectivity index is 2.19. The van der Waals surface area contributed by atoms with Crippen LogP contribution in [0.5, 0.6) is 0 Å². The maximum atomic E-state index is 12.6. The van der Waals surface area contributed by atoms with Crippen LogP contribution in [0.3, 0.4) is 0 Å². The number of ether oxygens (including phenoxy) is 1. The number of nitrogens with one attached hydrogen (secondary N) is 1. The molecule has 5 nitrogen and oxygen atoms in total. The monoisotopic (exact) mass is 361 g/mol. The minimum atomic E-state index is -3.82. The number of benzene rings is 2. The first-order valence-corrected chi connectivity index (χ1v) is 9.67. The Kier molecular flexibility index (Phi) is 6.73. The second kappa shape index (κ2) is 8.78. The largest absolute Gasteiger partial charge is 0.468 e. The van der Waals surface area contributed by atoms with Crippen molar-refractivity contribution in [2.75, 3.05) is 7.11 Å². The van der Waals surface area contributed by atoms with Gasteiger partial charge in [0.15, 0.2) is 0 Å². The molecule has 0 saturated carbocycles. The van der Waals surface area contributed by atoms with E-state index >= 15 is 0 Å². The zero-order valence-corrected chi connectivity index (χ0v) is 15.3. The van der Waals surface area contributed by atoms with Gasteiger partial charge >= 0.3 is 5.97 Å². The van der Waals surface area contributed by atoms with Crippen LogP contribution in [0, 0.1) is 0 Å². The van der Waals surface area contributed by atoms with Gasteiger partial charge < -0.3 is 4.74 Å². The van der Waals surface area contributed by atoms with Gasteiger partial charge in [0, 0.05) is 0 Å². The van der Waals surface area contributed by atoms with Crippen molar-refractivity contribution in [3.05, 3.63) is 65.7 Å². The second-order valence-corrected chi connectivity index (χ2v) is 7.49. The summed E-state index contributed by atoms with van der Waals surface area (Å²) in [5.41, 5.74) is 1.93. The Morgan fingerprint density at radius 1 is 1.04 bits per heavy atom. The molecule has 0 saturated heterocycles. The SMILES string of the molecule is CCCc1ccc(S(=O)(=O)N[C@@H](Cc2ccccc2)C(=O)OC)cc1. The molecule has 0 amide bonds. The van der Waals surface area contributed by atoms with Gasteiger partial charge in [-0.05, 0) is 36.1 Å². The standard InChI is InChI=1S/C19H23NO4S/c1-3-7-15-10-12-17(13-11-15)25(22,23)20-18(19(21)24-2)14-16-8-5-4-6-9-16/h4-6,8-13,18,20H,3,7,14H2,1-2H3/t18-/m0/s1. The minimum Gasteiger partial charge on any atom is -0.468 e. The molecule has 1 atom stereocenters. The molecule has 0 aliphatic carbocycles. The van der Waals surface area contributed by atoms with Crippen LogP contribution in [0.1, 0.15) is 24.5 Å². The maximum absolute atomic E-state index is 12.6. The van der Waals surface area contributed by atoms with E-state index in [0.29, 0.717) is 0 Å². The first-order chi connectivity index (χ1) is 12.0.